The second-order valence-corrected chi connectivity index (χ2v) is 11.0. The number of ether oxygens (including phenoxy) is 1. The largest absolute Gasteiger partial charge is 0.416 e. The normalized spacial score (nSPS) is 14.2. The van der Waals surface area contributed by atoms with Crippen molar-refractivity contribution < 1.29 is 22.7 Å². The molecule has 220 valence electrons. The van der Waals surface area contributed by atoms with Crippen molar-refractivity contribution in [3.8, 4) is 11.3 Å². The summed E-state index contributed by atoms with van der Waals surface area (Å²) in [5.41, 5.74) is 2.74. The summed E-state index contributed by atoms with van der Waals surface area (Å²) in [5.74, 6) is 0.122. The Morgan fingerprint density at radius 3 is 2.14 bits per heavy atom. The molecule has 5 rings (SSSR count). The molecule has 0 spiro atoms. The molecule has 0 radical (unpaired) electrons. The zero-order valence-corrected chi connectivity index (χ0v) is 23.9. The maximum atomic E-state index is 13.6. The second-order valence-electron chi connectivity index (χ2n) is 10.1. The van der Waals surface area contributed by atoms with Crippen molar-refractivity contribution in [1.82, 2.24) is 14.8 Å². The Balaban J connectivity index is 1.30. The lowest BCUT2D eigenvalue weighted by atomic mass is 9.88. The first-order valence-corrected chi connectivity index (χ1v) is 14.8. The molecular weight excluding hydrogens is 561 g/mol. The number of hydrogen-bond donors (Lipinski definition) is 1. The van der Waals surface area contributed by atoms with E-state index in [1.165, 1.54) is 34.6 Å². The summed E-state index contributed by atoms with van der Waals surface area (Å²) >= 11 is 1.25. The Morgan fingerprint density at radius 2 is 1.55 bits per heavy atom. The van der Waals surface area contributed by atoms with E-state index in [-0.39, 0.29) is 11.9 Å². The summed E-state index contributed by atoms with van der Waals surface area (Å²) in [5, 5.41) is 5.06. The molecule has 6 nitrogen and oxygen atoms in total. The van der Waals surface area contributed by atoms with Crippen LogP contribution in [0, 0.1) is 0 Å². The van der Waals surface area contributed by atoms with E-state index >= 15 is 0 Å². The fraction of sp³-hybridized carbons (Fsp3) is 0.312. The minimum Gasteiger partial charge on any atom is -0.379 e. The molecule has 10 heteroatoms. The van der Waals surface area contributed by atoms with Gasteiger partial charge in [-0.05, 0) is 29.7 Å². The highest BCUT2D eigenvalue weighted by atomic mass is 32.1. The molecule has 2 amide bonds. The fourth-order valence-electron chi connectivity index (χ4n) is 5.05. The van der Waals surface area contributed by atoms with E-state index in [4.69, 9.17) is 4.74 Å². The number of halogens is 3. The number of benzene rings is 3. The molecule has 1 N–H and O–H groups in total. The van der Waals surface area contributed by atoms with Gasteiger partial charge in [-0.15, -0.1) is 11.3 Å². The standard InChI is InChI=1S/C32H33F3N4O2S/c33-32(34,35)27-13-11-26(12-14-27)29-23-42-30(36-29)37-31(40)39(18-17-38-19-21-41-22-20-38)16-15-28(24-7-3-1-4-8-24)25-9-5-2-6-10-25/h1-14,23,28H,15-22H2,(H,36,37,40). The molecular formula is C32H33F3N4O2S. The number of nitrogens with one attached hydrogen (secondary N) is 1. The van der Waals surface area contributed by atoms with Crippen molar-refractivity contribution in [2.45, 2.75) is 18.5 Å². The van der Waals surface area contributed by atoms with Gasteiger partial charge >= 0.3 is 12.2 Å². The first kappa shape index (κ1) is 29.8. The molecule has 0 aliphatic carbocycles. The molecule has 1 fully saturated rings. The minimum atomic E-state index is -4.40. The third-order valence-electron chi connectivity index (χ3n) is 7.39. The monoisotopic (exact) mass is 594 g/mol. The van der Waals surface area contributed by atoms with Crippen LogP contribution in [0.3, 0.4) is 0 Å². The van der Waals surface area contributed by atoms with E-state index in [0.29, 0.717) is 42.7 Å². The Morgan fingerprint density at radius 1 is 0.929 bits per heavy atom. The quantitative estimate of drug-likeness (QED) is 0.211. The van der Waals surface area contributed by atoms with Crippen LogP contribution >= 0.6 is 11.3 Å². The molecule has 0 unspecified atom stereocenters. The van der Waals surface area contributed by atoms with Gasteiger partial charge < -0.3 is 9.64 Å². The van der Waals surface area contributed by atoms with Gasteiger partial charge in [0.05, 0.1) is 24.5 Å². The lowest BCUT2D eigenvalue weighted by Crippen LogP contribution is -2.44. The van der Waals surface area contributed by atoms with Crippen molar-refractivity contribution in [3.05, 3.63) is 107 Å². The highest BCUT2D eigenvalue weighted by Crippen LogP contribution is 2.32. The Bertz CT molecular complexity index is 1370. The van der Waals surface area contributed by atoms with Crippen LogP contribution < -0.4 is 5.32 Å². The lowest BCUT2D eigenvalue weighted by molar-refractivity contribution is -0.137. The number of thiazole rings is 1. The highest BCUT2D eigenvalue weighted by Gasteiger charge is 2.30. The average molecular weight is 595 g/mol. The predicted molar refractivity (Wildman–Crippen MR) is 160 cm³/mol. The summed E-state index contributed by atoms with van der Waals surface area (Å²) in [7, 11) is 0. The summed E-state index contributed by atoms with van der Waals surface area (Å²) in [6.07, 6.45) is -3.66. The lowest BCUT2D eigenvalue weighted by Gasteiger charge is -2.31. The summed E-state index contributed by atoms with van der Waals surface area (Å²) < 4.78 is 44.3. The number of urea groups is 1. The van der Waals surface area contributed by atoms with E-state index in [1.54, 1.807) is 5.38 Å². The zero-order chi connectivity index (χ0) is 29.4. The molecule has 0 bridgehead atoms. The number of alkyl halides is 3. The molecule has 0 saturated carbocycles. The molecule has 2 heterocycles. The number of carbonyl (C=O) groups excluding carboxylic acids is 1. The summed E-state index contributed by atoms with van der Waals surface area (Å²) in [6, 6.07) is 25.2. The first-order chi connectivity index (χ1) is 20.4. The van der Waals surface area contributed by atoms with Crippen LogP contribution in [0.5, 0.6) is 0 Å². The van der Waals surface area contributed by atoms with Gasteiger partial charge in [0.1, 0.15) is 0 Å². The third kappa shape index (κ3) is 7.96. The number of hydrogen-bond acceptors (Lipinski definition) is 5. The Labute approximate surface area is 247 Å². The van der Waals surface area contributed by atoms with Crippen LogP contribution in [0.25, 0.3) is 11.3 Å². The number of nitrogens with zero attached hydrogens (tertiary/aromatic N) is 3. The van der Waals surface area contributed by atoms with Gasteiger partial charge in [-0.2, -0.15) is 13.2 Å². The van der Waals surface area contributed by atoms with Crippen molar-refractivity contribution >= 4 is 22.5 Å². The molecule has 42 heavy (non-hydrogen) atoms. The van der Waals surface area contributed by atoms with Gasteiger partial charge in [0.25, 0.3) is 0 Å². The second kappa shape index (κ2) is 14.0. The van der Waals surface area contributed by atoms with Crippen LogP contribution in [0.1, 0.15) is 29.0 Å². The Kier molecular flexibility index (Phi) is 9.89. The molecule has 1 aromatic heterocycles. The van der Waals surface area contributed by atoms with Gasteiger partial charge in [-0.25, -0.2) is 9.78 Å². The molecule has 1 aliphatic rings. The van der Waals surface area contributed by atoms with Gasteiger partial charge in [-0.1, -0.05) is 72.8 Å². The Hall–Kier alpha value is -3.73. The average Bonchev–Trinajstić information content (AvgIpc) is 3.48. The van der Waals surface area contributed by atoms with Crippen LogP contribution in [-0.4, -0.2) is 66.8 Å². The molecule has 0 atom stereocenters. The van der Waals surface area contributed by atoms with Gasteiger partial charge in [0.2, 0.25) is 0 Å². The third-order valence-corrected chi connectivity index (χ3v) is 8.15. The number of morpholine rings is 1. The van der Waals surface area contributed by atoms with E-state index in [0.717, 1.165) is 38.2 Å². The number of rotatable bonds is 10. The van der Waals surface area contributed by atoms with Crippen molar-refractivity contribution in [1.29, 1.82) is 0 Å². The van der Waals surface area contributed by atoms with Crippen molar-refractivity contribution in [2.75, 3.05) is 51.3 Å². The van der Waals surface area contributed by atoms with Crippen LogP contribution in [-0.2, 0) is 10.9 Å². The maximum absolute atomic E-state index is 13.6. The molecule has 1 aliphatic heterocycles. The van der Waals surface area contributed by atoms with Crippen molar-refractivity contribution in [2.24, 2.45) is 0 Å². The fourth-order valence-corrected chi connectivity index (χ4v) is 5.76. The SMILES string of the molecule is O=C(Nc1nc(-c2ccc(C(F)(F)F)cc2)cs1)N(CCC(c1ccccc1)c1ccccc1)CCN1CCOCC1. The zero-order valence-electron chi connectivity index (χ0n) is 23.1. The van der Waals surface area contributed by atoms with E-state index < -0.39 is 11.7 Å². The first-order valence-electron chi connectivity index (χ1n) is 14.0. The number of aromatic nitrogens is 1. The van der Waals surface area contributed by atoms with E-state index in [2.05, 4.69) is 39.5 Å². The number of amides is 2. The predicted octanol–water partition coefficient (Wildman–Crippen LogP) is 7.22. The molecule has 1 saturated heterocycles. The molecule has 3 aromatic carbocycles. The van der Waals surface area contributed by atoms with E-state index in [9.17, 15) is 18.0 Å². The van der Waals surface area contributed by atoms with Crippen molar-refractivity contribution in [3.63, 3.8) is 0 Å². The highest BCUT2D eigenvalue weighted by molar-refractivity contribution is 7.14. The van der Waals surface area contributed by atoms with Crippen LogP contribution in [0.4, 0.5) is 23.1 Å². The van der Waals surface area contributed by atoms with Gasteiger partial charge in [0.15, 0.2) is 5.13 Å². The summed E-state index contributed by atoms with van der Waals surface area (Å²) in [6.45, 7) is 4.82. The smallest absolute Gasteiger partial charge is 0.379 e. The number of anilines is 1. The van der Waals surface area contributed by atoms with Crippen LogP contribution in [0.2, 0.25) is 0 Å². The maximum Gasteiger partial charge on any atom is 0.416 e. The van der Waals surface area contributed by atoms with Gasteiger partial charge in [-0.3, -0.25) is 10.2 Å². The molecule has 4 aromatic rings. The number of carbonyl (C=O) groups is 1. The van der Waals surface area contributed by atoms with Crippen LogP contribution in [0.15, 0.2) is 90.3 Å². The van der Waals surface area contributed by atoms with E-state index in [1.807, 2.05) is 41.3 Å². The minimum absolute atomic E-state index is 0.122. The summed E-state index contributed by atoms with van der Waals surface area (Å²) in [4.78, 5) is 22.2. The van der Waals surface area contributed by atoms with Gasteiger partial charge in [0, 0.05) is 49.6 Å². The topological polar surface area (TPSA) is 57.7 Å².